The fraction of sp³-hybridized carbons (Fsp3) is 0.692. The van der Waals surface area contributed by atoms with E-state index in [4.69, 9.17) is 0 Å². The van der Waals surface area contributed by atoms with Crippen molar-refractivity contribution in [2.75, 3.05) is 0 Å². The Bertz CT molecular complexity index is 716. The maximum Gasteiger partial charge on any atom is -1.00 e. The van der Waals surface area contributed by atoms with Crippen LogP contribution in [0.2, 0.25) is 20.3 Å². The van der Waals surface area contributed by atoms with Crippen LogP contribution in [0.15, 0.2) is 47.6 Å². The Hall–Kier alpha value is 0.640. The van der Waals surface area contributed by atoms with Crippen molar-refractivity contribution in [2.24, 2.45) is 35.5 Å². The van der Waals surface area contributed by atoms with E-state index in [9.17, 15) is 0 Å². The van der Waals surface area contributed by atoms with Crippen molar-refractivity contribution < 1.29 is 45.2 Å². The van der Waals surface area contributed by atoms with Gasteiger partial charge in [-0.25, -0.2) is 0 Å². The number of hydrogen-bond acceptors (Lipinski definition) is 0. The van der Waals surface area contributed by atoms with Gasteiger partial charge in [0.2, 0.25) is 0 Å². The number of hydrogen-bond donors (Lipinski definition) is 0. The third-order valence-electron chi connectivity index (χ3n) is 8.45. The first kappa shape index (κ1) is 26.9. The van der Waals surface area contributed by atoms with Crippen molar-refractivity contribution >= 4 is 5.43 Å². The van der Waals surface area contributed by atoms with Gasteiger partial charge in [-0.15, -0.1) is 0 Å². The average molecular weight is 543 g/mol. The van der Waals surface area contributed by atoms with Gasteiger partial charge >= 0.3 is 183 Å². The third kappa shape index (κ3) is 4.93. The van der Waals surface area contributed by atoms with Crippen LogP contribution in [0.25, 0.3) is 0 Å². The number of halogens is 2. The van der Waals surface area contributed by atoms with Crippen molar-refractivity contribution in [3.63, 3.8) is 0 Å². The Kier molecular flexibility index (Phi) is 10.0. The first-order chi connectivity index (χ1) is 13.4. The molecule has 0 aliphatic heterocycles. The molecular weight excluding hydrogens is 503 g/mol. The van der Waals surface area contributed by atoms with Crippen LogP contribution in [-0.4, -0.2) is 5.43 Å². The number of fused-ring (bicyclic) bond motifs is 2. The molecule has 0 aromatic carbocycles. The molecule has 30 heavy (non-hydrogen) atoms. The van der Waals surface area contributed by atoms with E-state index in [1.54, 1.807) is 0 Å². The molecule has 4 heteroatoms. The van der Waals surface area contributed by atoms with Crippen LogP contribution in [0.5, 0.6) is 0 Å². The Labute approximate surface area is 206 Å². The van der Waals surface area contributed by atoms with Gasteiger partial charge in [-0.3, -0.25) is 0 Å². The molecule has 2 saturated carbocycles. The molecule has 0 N–H and O–H groups in total. The molecule has 0 bridgehead atoms. The summed E-state index contributed by atoms with van der Waals surface area (Å²) in [6, 6.07) is 0. The number of allylic oxidation sites excluding steroid dienone is 8. The fourth-order valence-electron chi connectivity index (χ4n) is 7.10. The van der Waals surface area contributed by atoms with Gasteiger partial charge in [0.05, 0.1) is 0 Å². The molecule has 166 valence electrons. The second kappa shape index (κ2) is 11.2. The zero-order chi connectivity index (χ0) is 20.0. The minimum atomic E-state index is -1.66. The summed E-state index contributed by atoms with van der Waals surface area (Å²) in [4.78, 5) is 0. The molecule has 0 saturated heterocycles. The molecule has 0 nitrogen and oxygen atoms in total. The number of rotatable bonds is 2. The summed E-state index contributed by atoms with van der Waals surface area (Å²) in [6.45, 7) is 15.7. The van der Waals surface area contributed by atoms with Crippen molar-refractivity contribution in [3.05, 3.63) is 47.6 Å². The maximum atomic E-state index is 2.70. The van der Waals surface area contributed by atoms with Crippen molar-refractivity contribution in [2.45, 2.75) is 73.7 Å². The summed E-state index contributed by atoms with van der Waals surface area (Å²) >= 11 is -1.66. The molecule has 0 radical (unpaired) electrons. The topological polar surface area (TPSA) is 0 Å². The van der Waals surface area contributed by atoms with E-state index in [0.717, 1.165) is 42.8 Å². The van der Waals surface area contributed by atoms with Crippen LogP contribution in [0.4, 0.5) is 0 Å². The van der Waals surface area contributed by atoms with Crippen LogP contribution < -0.4 is 24.8 Å². The van der Waals surface area contributed by atoms with Crippen molar-refractivity contribution in [1.29, 1.82) is 0 Å². The van der Waals surface area contributed by atoms with Gasteiger partial charge in [0.25, 0.3) is 0 Å². The van der Waals surface area contributed by atoms with E-state index >= 15 is 0 Å². The zero-order valence-electron chi connectivity index (χ0n) is 19.7. The van der Waals surface area contributed by atoms with E-state index in [2.05, 4.69) is 77.2 Å². The molecule has 2 fully saturated rings. The molecule has 0 aromatic heterocycles. The maximum absolute atomic E-state index is 2.70. The van der Waals surface area contributed by atoms with Gasteiger partial charge in [0, 0.05) is 0 Å². The van der Waals surface area contributed by atoms with E-state index in [-0.39, 0.29) is 30.2 Å². The second-order valence-corrected chi connectivity index (χ2v) is 28.8. The van der Waals surface area contributed by atoms with Gasteiger partial charge in [-0.1, -0.05) is 0 Å². The van der Waals surface area contributed by atoms with Gasteiger partial charge in [-0.05, 0) is 0 Å². The quantitative estimate of drug-likeness (QED) is 0.467. The van der Waals surface area contributed by atoms with Gasteiger partial charge in [0.1, 0.15) is 0 Å². The minimum absolute atomic E-state index is 0. The Balaban J connectivity index is 0.00000160. The molecule has 8 unspecified atom stereocenters. The first-order valence-corrected chi connectivity index (χ1v) is 20.8. The van der Waals surface area contributed by atoms with Crippen molar-refractivity contribution in [1.82, 2.24) is 0 Å². The standard InChI is InChI=1S/2C12H17.C2H6Si.2ClH.Zr/c2*1-9-7-11-6-4-3-5-10(2)12(11)8-9;1-3-2;;;/h2*3-4,6-7,9-10,12H,5,8H2,1-2H3;1-2H3;2*1H;/q;;;;;+2/p-2. The predicted molar refractivity (Wildman–Crippen MR) is 122 cm³/mol. The second-order valence-electron chi connectivity index (χ2n) is 10.7. The predicted octanol–water partition coefficient (Wildman–Crippen LogP) is 1.80. The van der Waals surface area contributed by atoms with Crippen LogP contribution >= 0.6 is 0 Å². The molecule has 4 rings (SSSR count). The van der Waals surface area contributed by atoms with E-state index < -0.39 is 20.4 Å². The van der Waals surface area contributed by atoms with Crippen molar-refractivity contribution in [3.8, 4) is 0 Å². The smallest absolute Gasteiger partial charge is 1.00 e. The van der Waals surface area contributed by atoms with Gasteiger partial charge in [0.15, 0.2) is 0 Å². The Morgan fingerprint density at radius 2 is 1.10 bits per heavy atom. The summed E-state index contributed by atoms with van der Waals surface area (Å²) in [7, 11) is 0. The average Bonchev–Trinajstić information content (AvgIpc) is 2.99. The van der Waals surface area contributed by atoms with E-state index in [1.165, 1.54) is 25.7 Å². The van der Waals surface area contributed by atoms with Gasteiger partial charge in [-0.2, -0.15) is 0 Å². The molecule has 8 atom stereocenters. The fourth-order valence-corrected chi connectivity index (χ4v) is 30.8. The molecule has 0 spiro atoms. The van der Waals surface area contributed by atoms with E-state index in [0.29, 0.717) is 0 Å². The summed E-state index contributed by atoms with van der Waals surface area (Å²) in [5.41, 5.74) is 3.64. The minimum Gasteiger partial charge on any atom is -1.00 e. The normalized spacial score (nSPS) is 39.1. The monoisotopic (exact) mass is 540 g/mol. The summed E-state index contributed by atoms with van der Waals surface area (Å²) in [5, 5.41) is 0. The molecule has 4 aliphatic carbocycles. The third-order valence-corrected chi connectivity index (χ3v) is 29.5. The first-order valence-electron chi connectivity index (χ1n) is 11.8. The Morgan fingerprint density at radius 1 is 0.700 bits per heavy atom. The van der Waals surface area contributed by atoms with Crippen LogP contribution in [0.3, 0.4) is 0 Å². The van der Waals surface area contributed by atoms with Gasteiger partial charge < -0.3 is 24.8 Å². The van der Waals surface area contributed by atoms with Crippen LogP contribution in [-0.2, 0) is 20.4 Å². The summed E-state index contributed by atoms with van der Waals surface area (Å²) in [5.74, 6) is 5.32. The van der Waals surface area contributed by atoms with Crippen LogP contribution in [0, 0.1) is 35.5 Å². The summed E-state index contributed by atoms with van der Waals surface area (Å²) < 4.78 is 2.02. The summed E-state index contributed by atoms with van der Waals surface area (Å²) in [6.07, 6.45) is 20.5. The Morgan fingerprint density at radius 3 is 1.47 bits per heavy atom. The van der Waals surface area contributed by atoms with Crippen LogP contribution in [0.1, 0.15) is 53.4 Å². The largest absolute Gasteiger partial charge is 1.00 e. The van der Waals surface area contributed by atoms with E-state index in [1.807, 2.05) is 11.1 Å². The molecule has 4 aliphatic rings. The molecular formula is C26H40Cl2SiZr. The molecule has 0 aromatic rings. The molecule has 0 amide bonds. The SMILES string of the molecule is CC1CC=CC=C2C1CC(C)[CH]2[Zr+2]([CH]1C2=CC=CCC(C)C2CC1C)=[Si](C)C.[Cl-].[Cl-]. The molecule has 0 heterocycles. The zero-order valence-corrected chi connectivity index (χ0v) is 24.6.